The predicted molar refractivity (Wildman–Crippen MR) is 28.9 cm³/mol. The SMILES string of the molecule is C=CCO[P]Cl. The Kier molecular flexibility index (Phi) is 5.80. The molecule has 0 aliphatic heterocycles. The summed E-state index contributed by atoms with van der Waals surface area (Å²) < 4.78 is 4.60. The number of hydrogen-bond acceptors (Lipinski definition) is 1. The van der Waals surface area contributed by atoms with Crippen molar-refractivity contribution in [2.75, 3.05) is 6.61 Å². The van der Waals surface area contributed by atoms with E-state index in [1.807, 2.05) is 0 Å². The van der Waals surface area contributed by atoms with Crippen LogP contribution in [0.1, 0.15) is 0 Å². The smallest absolute Gasteiger partial charge is 0.194 e. The highest BCUT2D eigenvalue weighted by Gasteiger charge is 1.72. The molecule has 0 aliphatic carbocycles. The van der Waals surface area contributed by atoms with Gasteiger partial charge in [-0.15, -0.1) is 6.58 Å². The molecule has 1 nitrogen and oxygen atoms in total. The van der Waals surface area contributed by atoms with Gasteiger partial charge < -0.3 is 4.52 Å². The molecule has 0 heterocycles. The molecule has 0 fully saturated rings. The number of hydrogen-bond donors (Lipinski definition) is 0. The average Bonchev–Trinajstić information content (AvgIpc) is 1.61. The van der Waals surface area contributed by atoms with E-state index in [2.05, 4.69) is 11.1 Å². The minimum absolute atomic E-state index is 0.446. The molecule has 0 bridgehead atoms. The maximum Gasteiger partial charge on any atom is 0.194 e. The lowest BCUT2D eigenvalue weighted by Gasteiger charge is -1.83. The van der Waals surface area contributed by atoms with Crippen molar-refractivity contribution in [3.8, 4) is 0 Å². The summed E-state index contributed by atoms with van der Waals surface area (Å²) in [6, 6.07) is 0. The summed E-state index contributed by atoms with van der Waals surface area (Å²) in [5.41, 5.74) is 0. The highest BCUT2D eigenvalue weighted by Crippen LogP contribution is 2.15. The molecule has 0 saturated heterocycles. The Bertz CT molecular complexity index is 39.8. The summed E-state index contributed by atoms with van der Waals surface area (Å²) in [7, 11) is 0.446. The fourth-order valence-electron chi connectivity index (χ4n) is 0.0809. The van der Waals surface area contributed by atoms with Crippen LogP contribution in [0.15, 0.2) is 12.7 Å². The molecule has 0 N–H and O–H groups in total. The van der Waals surface area contributed by atoms with Crippen molar-refractivity contribution in [3.63, 3.8) is 0 Å². The molecule has 0 aromatic heterocycles. The third-order valence-corrected chi connectivity index (χ3v) is 0.781. The van der Waals surface area contributed by atoms with Gasteiger partial charge in [-0.25, -0.2) is 0 Å². The van der Waals surface area contributed by atoms with E-state index in [1.165, 1.54) is 0 Å². The van der Waals surface area contributed by atoms with Crippen LogP contribution in [-0.4, -0.2) is 6.61 Å². The van der Waals surface area contributed by atoms with Crippen LogP contribution in [0.5, 0.6) is 0 Å². The van der Waals surface area contributed by atoms with E-state index >= 15 is 0 Å². The monoisotopic (exact) mass is 123 g/mol. The van der Waals surface area contributed by atoms with Crippen LogP contribution >= 0.6 is 19.4 Å². The highest BCUT2D eigenvalue weighted by molar-refractivity contribution is 7.64. The van der Waals surface area contributed by atoms with Crippen molar-refractivity contribution in [1.82, 2.24) is 0 Å². The summed E-state index contributed by atoms with van der Waals surface area (Å²) >= 11 is 5.08. The van der Waals surface area contributed by atoms with Crippen molar-refractivity contribution in [1.29, 1.82) is 0 Å². The molecule has 0 aliphatic rings. The van der Waals surface area contributed by atoms with Gasteiger partial charge in [-0.2, -0.15) is 0 Å². The quantitative estimate of drug-likeness (QED) is 0.318. The Morgan fingerprint density at radius 2 is 2.67 bits per heavy atom. The minimum atomic E-state index is 0.446. The van der Waals surface area contributed by atoms with Gasteiger partial charge in [0.2, 0.25) is 0 Å². The van der Waals surface area contributed by atoms with Gasteiger partial charge in [0.05, 0.1) is 6.61 Å². The van der Waals surface area contributed by atoms with Crippen LogP contribution in [0, 0.1) is 0 Å². The second kappa shape index (κ2) is 5.42. The summed E-state index contributed by atoms with van der Waals surface area (Å²) in [6.45, 7) is 3.94. The molecule has 35 valence electrons. The molecule has 0 unspecified atom stereocenters. The van der Waals surface area contributed by atoms with Crippen molar-refractivity contribution in [2.24, 2.45) is 0 Å². The molecule has 0 rings (SSSR count). The van der Waals surface area contributed by atoms with E-state index in [9.17, 15) is 0 Å². The molecule has 6 heavy (non-hydrogen) atoms. The second-order valence-corrected chi connectivity index (χ2v) is 1.46. The van der Waals surface area contributed by atoms with Gasteiger partial charge in [0.15, 0.2) is 8.16 Å². The first-order valence-corrected chi connectivity index (χ1v) is 3.17. The summed E-state index contributed by atoms with van der Waals surface area (Å²) in [4.78, 5) is 0. The van der Waals surface area contributed by atoms with Crippen LogP contribution in [0.2, 0.25) is 0 Å². The minimum Gasteiger partial charge on any atom is -0.333 e. The fourth-order valence-corrected chi connectivity index (χ4v) is 0.412. The van der Waals surface area contributed by atoms with Gasteiger partial charge >= 0.3 is 0 Å². The van der Waals surface area contributed by atoms with Crippen LogP contribution < -0.4 is 0 Å². The van der Waals surface area contributed by atoms with Crippen LogP contribution in [0.3, 0.4) is 0 Å². The van der Waals surface area contributed by atoms with E-state index in [4.69, 9.17) is 11.2 Å². The van der Waals surface area contributed by atoms with Gasteiger partial charge in [-0.05, 0) is 0 Å². The zero-order valence-electron chi connectivity index (χ0n) is 3.22. The predicted octanol–water partition coefficient (Wildman–Crippen LogP) is 2.20. The Morgan fingerprint density at radius 1 is 2.00 bits per heavy atom. The molecular weight excluding hydrogens is 118 g/mol. The maximum atomic E-state index is 5.08. The van der Waals surface area contributed by atoms with Gasteiger partial charge in [-0.1, -0.05) is 17.3 Å². The topological polar surface area (TPSA) is 9.23 Å². The standard InChI is InChI=1S/C3H5ClOP/c1-2-3-5-6-4/h2H,1,3H2. The van der Waals surface area contributed by atoms with Crippen LogP contribution in [-0.2, 0) is 4.52 Å². The lowest BCUT2D eigenvalue weighted by molar-refractivity contribution is 0.424. The van der Waals surface area contributed by atoms with Gasteiger partial charge in [-0.3, -0.25) is 0 Å². The Hall–Kier alpha value is 0.420. The van der Waals surface area contributed by atoms with Crippen LogP contribution in [0.25, 0.3) is 0 Å². The van der Waals surface area contributed by atoms with Gasteiger partial charge in [0, 0.05) is 0 Å². The fraction of sp³-hybridized carbons (Fsp3) is 0.333. The molecule has 3 heteroatoms. The Morgan fingerprint density at radius 3 is 2.83 bits per heavy atom. The molecule has 0 atom stereocenters. The molecule has 0 aromatic carbocycles. The molecule has 0 spiro atoms. The lowest BCUT2D eigenvalue weighted by atomic mass is 10.7. The lowest BCUT2D eigenvalue weighted by Crippen LogP contribution is -1.70. The van der Waals surface area contributed by atoms with E-state index in [-0.39, 0.29) is 0 Å². The van der Waals surface area contributed by atoms with Crippen molar-refractivity contribution < 1.29 is 4.52 Å². The van der Waals surface area contributed by atoms with Crippen LogP contribution in [0.4, 0.5) is 0 Å². The largest absolute Gasteiger partial charge is 0.333 e. The number of rotatable bonds is 3. The molecular formula is C3H5ClOP. The first kappa shape index (κ1) is 6.42. The maximum absolute atomic E-state index is 5.08. The Balaban J connectivity index is 2.49. The summed E-state index contributed by atoms with van der Waals surface area (Å²) in [6.07, 6.45) is 1.65. The molecule has 0 aromatic rings. The van der Waals surface area contributed by atoms with E-state index in [1.54, 1.807) is 6.08 Å². The van der Waals surface area contributed by atoms with Gasteiger partial charge in [0.25, 0.3) is 0 Å². The van der Waals surface area contributed by atoms with Crippen molar-refractivity contribution in [2.45, 2.75) is 0 Å². The Labute approximate surface area is 44.0 Å². The van der Waals surface area contributed by atoms with Gasteiger partial charge in [0.1, 0.15) is 0 Å². The third kappa shape index (κ3) is 4.42. The zero-order valence-corrected chi connectivity index (χ0v) is 4.88. The first-order chi connectivity index (χ1) is 2.91. The van der Waals surface area contributed by atoms with Crippen molar-refractivity contribution >= 4 is 19.4 Å². The van der Waals surface area contributed by atoms with Crippen molar-refractivity contribution in [3.05, 3.63) is 12.7 Å². The average molecular weight is 123 g/mol. The van der Waals surface area contributed by atoms with E-state index in [0.717, 1.165) is 0 Å². The summed E-state index contributed by atoms with van der Waals surface area (Å²) in [5.74, 6) is 0. The van der Waals surface area contributed by atoms with E-state index < -0.39 is 0 Å². The zero-order chi connectivity index (χ0) is 4.83. The normalized spacial score (nSPS) is 10.2. The first-order valence-electron chi connectivity index (χ1n) is 1.46. The second-order valence-electron chi connectivity index (χ2n) is 0.653. The molecule has 1 radical (unpaired) electrons. The van der Waals surface area contributed by atoms with E-state index in [0.29, 0.717) is 14.8 Å². The number of halogens is 1. The summed E-state index contributed by atoms with van der Waals surface area (Å²) in [5, 5.41) is 0. The molecule has 0 amide bonds. The molecule has 0 saturated carbocycles. The highest BCUT2D eigenvalue weighted by atomic mass is 35.7. The third-order valence-electron chi connectivity index (χ3n) is 0.241.